The molecule has 0 saturated carbocycles. The van der Waals surface area contributed by atoms with Gasteiger partial charge in [-0.05, 0) is 57.2 Å². The molecule has 7 nitrogen and oxygen atoms in total. The Labute approximate surface area is 208 Å². The summed E-state index contributed by atoms with van der Waals surface area (Å²) >= 11 is 0. The summed E-state index contributed by atoms with van der Waals surface area (Å²) < 4.78 is 7.09. The highest BCUT2D eigenvalue weighted by atomic mass is 16.5. The van der Waals surface area contributed by atoms with Crippen molar-refractivity contribution >= 4 is 11.8 Å². The van der Waals surface area contributed by atoms with Crippen molar-refractivity contribution in [3.8, 4) is 5.75 Å². The highest BCUT2D eigenvalue weighted by Crippen LogP contribution is 2.22. The number of hydrogen-bond acceptors (Lipinski definition) is 4. The fourth-order valence-electron chi connectivity index (χ4n) is 4.68. The lowest BCUT2D eigenvalue weighted by Crippen LogP contribution is -2.46. The van der Waals surface area contributed by atoms with E-state index in [1.165, 1.54) is 0 Å². The molecule has 1 unspecified atom stereocenters. The zero-order chi connectivity index (χ0) is 25.5. The lowest BCUT2D eigenvalue weighted by atomic mass is 9.98. The van der Waals surface area contributed by atoms with Gasteiger partial charge in [-0.1, -0.05) is 31.2 Å². The summed E-state index contributed by atoms with van der Waals surface area (Å²) in [4.78, 5) is 44.0. The third-order valence-electron chi connectivity index (χ3n) is 6.53. The number of rotatable bonds is 9. The summed E-state index contributed by atoms with van der Waals surface area (Å²) in [6.07, 6.45) is 6.92. The van der Waals surface area contributed by atoms with Crippen LogP contribution in [0, 0.1) is 0 Å². The number of carbonyl (C=O) groups is 2. The number of amides is 2. The number of benzene rings is 1. The minimum Gasteiger partial charge on any atom is -0.497 e. The van der Waals surface area contributed by atoms with Gasteiger partial charge < -0.3 is 19.1 Å². The Morgan fingerprint density at radius 1 is 1.17 bits per heavy atom. The van der Waals surface area contributed by atoms with E-state index < -0.39 is 5.43 Å². The SMILES string of the molecule is C=C(C)CN(CC)C(=O)c1cn(Cc2cccc(OC)c2)cc(C(=O)N2CCCCC2CC)c1=O. The van der Waals surface area contributed by atoms with Crippen LogP contribution in [-0.4, -0.2) is 59.0 Å². The molecule has 1 fully saturated rings. The molecular weight excluding hydrogens is 442 g/mol. The summed E-state index contributed by atoms with van der Waals surface area (Å²) in [7, 11) is 1.61. The molecule has 1 aliphatic heterocycles. The Morgan fingerprint density at radius 2 is 1.91 bits per heavy atom. The second-order valence-corrected chi connectivity index (χ2v) is 9.27. The van der Waals surface area contributed by atoms with Crippen molar-refractivity contribution in [1.82, 2.24) is 14.4 Å². The zero-order valence-corrected chi connectivity index (χ0v) is 21.4. The molecule has 7 heteroatoms. The van der Waals surface area contributed by atoms with Gasteiger partial charge in [-0.25, -0.2) is 0 Å². The molecule has 35 heavy (non-hydrogen) atoms. The Hall–Kier alpha value is -3.35. The number of methoxy groups -OCH3 is 1. The molecule has 0 aliphatic carbocycles. The third kappa shape index (κ3) is 6.21. The first-order valence-electron chi connectivity index (χ1n) is 12.4. The molecule has 2 aromatic rings. The monoisotopic (exact) mass is 479 g/mol. The molecule has 1 aromatic carbocycles. The summed E-state index contributed by atoms with van der Waals surface area (Å²) in [6, 6.07) is 7.70. The molecule has 0 spiro atoms. The number of nitrogens with zero attached hydrogens (tertiary/aromatic N) is 3. The van der Waals surface area contributed by atoms with Gasteiger partial charge in [0, 0.05) is 44.6 Å². The topological polar surface area (TPSA) is 71.8 Å². The van der Waals surface area contributed by atoms with Gasteiger partial charge in [0.2, 0.25) is 5.43 Å². The molecule has 0 bridgehead atoms. The predicted octanol–water partition coefficient (Wildman–Crippen LogP) is 4.35. The van der Waals surface area contributed by atoms with Crippen molar-refractivity contribution in [2.45, 2.75) is 59.0 Å². The summed E-state index contributed by atoms with van der Waals surface area (Å²) in [5.74, 6) is 0.0348. The molecule has 0 radical (unpaired) electrons. The molecule has 1 atom stereocenters. The zero-order valence-electron chi connectivity index (χ0n) is 21.4. The maximum Gasteiger partial charge on any atom is 0.259 e. The van der Waals surface area contributed by atoms with Gasteiger partial charge in [0.05, 0.1) is 7.11 Å². The first-order valence-corrected chi connectivity index (χ1v) is 12.4. The fraction of sp³-hybridized carbons (Fsp3) is 0.464. The second kappa shape index (κ2) is 11.9. The largest absolute Gasteiger partial charge is 0.497 e. The van der Waals surface area contributed by atoms with Crippen LogP contribution in [0.4, 0.5) is 0 Å². The Morgan fingerprint density at radius 3 is 2.57 bits per heavy atom. The van der Waals surface area contributed by atoms with E-state index in [1.807, 2.05) is 43.0 Å². The molecule has 1 saturated heterocycles. The Kier molecular flexibility index (Phi) is 8.90. The van der Waals surface area contributed by atoms with Gasteiger partial charge in [-0.2, -0.15) is 0 Å². The number of ether oxygens (including phenoxy) is 1. The average molecular weight is 480 g/mol. The van der Waals surface area contributed by atoms with E-state index >= 15 is 0 Å². The summed E-state index contributed by atoms with van der Waals surface area (Å²) in [6.45, 7) is 11.5. The minimum absolute atomic E-state index is 0.00639. The van der Waals surface area contributed by atoms with Crippen LogP contribution < -0.4 is 10.2 Å². The third-order valence-corrected chi connectivity index (χ3v) is 6.53. The van der Waals surface area contributed by atoms with Crippen LogP contribution in [0.5, 0.6) is 5.75 Å². The number of hydrogen-bond donors (Lipinski definition) is 0. The Bertz CT molecular complexity index is 1140. The minimum atomic E-state index is -0.512. The molecule has 2 amide bonds. The van der Waals surface area contributed by atoms with Crippen LogP contribution in [0.2, 0.25) is 0 Å². The molecule has 1 aromatic heterocycles. The normalized spacial score (nSPS) is 15.5. The number of piperidine rings is 1. The predicted molar refractivity (Wildman–Crippen MR) is 138 cm³/mol. The van der Waals surface area contributed by atoms with E-state index in [4.69, 9.17) is 4.74 Å². The van der Waals surface area contributed by atoms with Crippen molar-refractivity contribution in [2.75, 3.05) is 26.7 Å². The molecule has 188 valence electrons. The van der Waals surface area contributed by atoms with Crippen LogP contribution in [0.15, 0.2) is 53.6 Å². The van der Waals surface area contributed by atoms with Gasteiger partial charge in [0.1, 0.15) is 16.9 Å². The number of pyridine rings is 1. The molecule has 3 rings (SSSR count). The van der Waals surface area contributed by atoms with Crippen LogP contribution >= 0.6 is 0 Å². The first-order chi connectivity index (χ1) is 16.8. The van der Waals surface area contributed by atoms with Crippen molar-refractivity contribution in [3.05, 3.63) is 75.7 Å². The van der Waals surface area contributed by atoms with E-state index in [9.17, 15) is 14.4 Å². The lowest BCUT2D eigenvalue weighted by Gasteiger charge is -2.35. The summed E-state index contributed by atoms with van der Waals surface area (Å²) in [5.41, 5.74) is 1.30. The van der Waals surface area contributed by atoms with Crippen molar-refractivity contribution in [1.29, 1.82) is 0 Å². The summed E-state index contributed by atoms with van der Waals surface area (Å²) in [5, 5.41) is 0. The number of aromatic nitrogens is 1. The van der Waals surface area contributed by atoms with Crippen molar-refractivity contribution in [3.63, 3.8) is 0 Å². The molecule has 2 heterocycles. The van der Waals surface area contributed by atoms with E-state index in [2.05, 4.69) is 13.5 Å². The van der Waals surface area contributed by atoms with Crippen molar-refractivity contribution < 1.29 is 14.3 Å². The van der Waals surface area contributed by atoms with E-state index in [0.29, 0.717) is 31.9 Å². The second-order valence-electron chi connectivity index (χ2n) is 9.27. The fourth-order valence-corrected chi connectivity index (χ4v) is 4.68. The van der Waals surface area contributed by atoms with Gasteiger partial charge in [0.15, 0.2) is 0 Å². The van der Waals surface area contributed by atoms with Crippen molar-refractivity contribution in [2.24, 2.45) is 0 Å². The van der Waals surface area contributed by atoms with Gasteiger partial charge in [0.25, 0.3) is 11.8 Å². The smallest absolute Gasteiger partial charge is 0.259 e. The van der Waals surface area contributed by atoms with E-state index in [0.717, 1.165) is 36.8 Å². The maximum absolute atomic E-state index is 13.6. The lowest BCUT2D eigenvalue weighted by molar-refractivity contribution is 0.0605. The van der Waals surface area contributed by atoms with Crippen LogP contribution in [0.3, 0.4) is 0 Å². The van der Waals surface area contributed by atoms with Crippen LogP contribution in [-0.2, 0) is 6.54 Å². The highest BCUT2D eigenvalue weighted by Gasteiger charge is 2.30. The number of likely N-dealkylation sites (N-methyl/N-ethyl adjacent to an activating group) is 1. The van der Waals surface area contributed by atoms with E-state index in [-0.39, 0.29) is 29.0 Å². The Balaban J connectivity index is 2.08. The van der Waals surface area contributed by atoms with E-state index in [1.54, 1.807) is 29.0 Å². The molecule has 0 N–H and O–H groups in total. The number of likely N-dealkylation sites (tertiary alicyclic amines) is 1. The van der Waals surface area contributed by atoms with Crippen LogP contribution in [0.25, 0.3) is 0 Å². The molecule has 1 aliphatic rings. The number of carbonyl (C=O) groups excluding carboxylic acids is 2. The average Bonchev–Trinajstić information content (AvgIpc) is 2.87. The molecular formula is C28H37N3O4. The van der Waals surface area contributed by atoms with Gasteiger partial charge >= 0.3 is 0 Å². The standard InChI is InChI=1S/C28H37N3O4/c1-6-22-12-8-9-14-31(22)28(34)25-19-29(17-21-11-10-13-23(15-21)35-5)18-24(26(25)32)27(33)30(7-2)16-20(3)4/h10-11,13,15,18-19,22H,3,6-9,12,14,16-17H2,1-2,4-5H3. The maximum atomic E-state index is 13.6. The van der Waals surface area contributed by atoms with Crippen LogP contribution in [0.1, 0.15) is 72.7 Å². The van der Waals surface area contributed by atoms with Gasteiger partial charge in [-0.15, -0.1) is 0 Å². The highest BCUT2D eigenvalue weighted by molar-refractivity contribution is 5.99. The first kappa shape index (κ1) is 26.3. The van der Waals surface area contributed by atoms with Gasteiger partial charge in [-0.3, -0.25) is 14.4 Å². The quantitative estimate of drug-likeness (QED) is 0.502.